The highest BCUT2D eigenvalue weighted by atomic mass is 16.5. The minimum absolute atomic E-state index is 0.0769. The van der Waals surface area contributed by atoms with Crippen LogP contribution in [0.25, 0.3) is 123 Å². The van der Waals surface area contributed by atoms with Gasteiger partial charge in [-0.1, -0.05) is 275 Å². The number of ether oxygens (including phenoxy) is 6. The molecule has 8 heterocycles. The molecule has 0 amide bonds. The molecule has 2 aliphatic heterocycles. The Morgan fingerprint density at radius 3 is 0.615 bits per heavy atom. The van der Waals surface area contributed by atoms with Crippen molar-refractivity contribution < 1.29 is 28.4 Å². The van der Waals surface area contributed by atoms with Crippen LogP contribution in [0.5, 0.6) is 69.0 Å². The van der Waals surface area contributed by atoms with Crippen LogP contribution in [0, 0.1) is 0 Å². The van der Waals surface area contributed by atoms with E-state index in [1.54, 1.807) is 12.4 Å². The van der Waals surface area contributed by atoms with E-state index in [9.17, 15) is 0 Å². The second-order valence-electron chi connectivity index (χ2n) is 38.6. The quantitative estimate of drug-likeness (QED) is 0.0538. The molecule has 18 heteroatoms. The second kappa shape index (κ2) is 34.8. The van der Waals surface area contributed by atoms with Gasteiger partial charge in [0.2, 0.25) is 0 Å². The largest absolute Gasteiger partial charge is 0.453 e. The molecule has 10 aromatic carbocycles. The van der Waals surface area contributed by atoms with Gasteiger partial charge < -0.3 is 38.4 Å². The molecular formula is C112H116N12O6. The van der Waals surface area contributed by atoms with Crippen LogP contribution in [-0.4, -0.2) is 59.8 Å². The molecule has 0 unspecified atom stereocenters. The van der Waals surface area contributed by atoms with Gasteiger partial charge in [0.05, 0.1) is 22.1 Å². The summed E-state index contributed by atoms with van der Waals surface area (Å²) in [6, 6.07) is 58.7. The predicted molar refractivity (Wildman–Crippen MR) is 528 cm³/mol. The van der Waals surface area contributed by atoms with Crippen LogP contribution in [0.4, 0.5) is 0 Å². The number of pyridine rings is 2. The van der Waals surface area contributed by atoms with Crippen LogP contribution in [0.3, 0.4) is 0 Å². The molecule has 18 rings (SSSR count). The molecule has 18 nitrogen and oxygen atoms in total. The molecule has 6 aromatic heterocycles. The van der Waals surface area contributed by atoms with E-state index < -0.39 is 0 Å². The predicted octanol–water partition coefficient (Wildman–Crippen LogP) is 32.1. The number of hydrogen-bond donors (Lipinski definition) is 2. The topological polar surface area (TPSA) is 216 Å². The van der Waals surface area contributed by atoms with Crippen molar-refractivity contribution in [2.45, 2.75) is 237 Å². The van der Waals surface area contributed by atoms with Crippen LogP contribution in [0.1, 0.15) is 304 Å². The number of H-pyrrole nitrogens is 2. The molecule has 0 atom stereocenters. The first-order valence-corrected chi connectivity index (χ1v) is 46.4. The Hall–Kier alpha value is -13.5. The maximum absolute atomic E-state index is 7.71. The molecule has 0 fully saturated rings. The normalized spacial score (nSPS) is 12.4. The van der Waals surface area contributed by atoms with E-state index in [1.807, 2.05) is 60.7 Å². The van der Waals surface area contributed by atoms with Crippen molar-refractivity contribution in [3.63, 3.8) is 0 Å². The number of nitrogens with zero attached hydrogens (tertiary/aromatic N) is 10. The third-order valence-corrected chi connectivity index (χ3v) is 25.4. The molecule has 8 bridgehead atoms. The van der Waals surface area contributed by atoms with Gasteiger partial charge in [-0.15, -0.1) is 0 Å². The van der Waals surface area contributed by atoms with Crippen molar-refractivity contribution in [1.29, 1.82) is 0 Å². The molecular weight excluding hydrogens is 1610 g/mol. The summed E-state index contributed by atoms with van der Waals surface area (Å²) in [5.74, 6) is 9.16. The summed E-state index contributed by atoms with van der Waals surface area (Å²) in [5.41, 5.74) is 18.5. The highest BCUT2D eigenvalue weighted by Gasteiger charge is 2.34. The van der Waals surface area contributed by atoms with Gasteiger partial charge in [0.25, 0.3) is 0 Å². The lowest BCUT2D eigenvalue weighted by Crippen LogP contribution is -2.04. The van der Waals surface area contributed by atoms with Gasteiger partial charge in [0, 0.05) is 55.8 Å². The number of aromatic nitrogens is 12. The first-order chi connectivity index (χ1) is 62.4. The van der Waals surface area contributed by atoms with E-state index in [2.05, 4.69) is 285 Å². The Kier molecular flexibility index (Phi) is 23.4. The van der Waals surface area contributed by atoms with Crippen molar-refractivity contribution in [3.05, 3.63) is 249 Å². The van der Waals surface area contributed by atoms with E-state index in [1.165, 1.54) is 0 Å². The van der Waals surface area contributed by atoms with E-state index >= 15 is 0 Å². The Labute approximate surface area is 761 Å². The van der Waals surface area contributed by atoms with Crippen LogP contribution in [0.15, 0.2) is 182 Å². The SMILES string of the molecule is CC(C)c1cccc(C(C)C)c1Oc1cc2c(cc1Oc1c(C(C)C)cccc1C(C)C)-c1nc-2nc2[nH]c(nc3nc(nc4[nH]c(n1)c1cc(Oc5c(C(C)C)cccc5C(C)C)c(Oc5c(C(C)C)cccc5C(C)C)cc41)-c1nc4c5cccnc5c5ncccc5c4nc1-3)c1cc(Oc3c(C(C)C)cccc3C(C)C)c(Oc3c(C(C)C)cccc3C(C)C)cc21. The number of aromatic amines is 2. The number of para-hydroxylation sites is 6. The first-order valence-electron chi connectivity index (χ1n) is 46.4. The van der Waals surface area contributed by atoms with E-state index in [4.69, 9.17) is 78.3 Å². The lowest BCUT2D eigenvalue weighted by Gasteiger charge is -2.24. The lowest BCUT2D eigenvalue weighted by molar-refractivity contribution is 0.404. The van der Waals surface area contributed by atoms with Crippen LogP contribution < -0.4 is 28.4 Å². The van der Waals surface area contributed by atoms with E-state index in [0.717, 1.165) is 112 Å². The van der Waals surface area contributed by atoms with Crippen LogP contribution >= 0.6 is 0 Å². The zero-order valence-electron chi connectivity index (χ0n) is 79.2. The van der Waals surface area contributed by atoms with Crippen molar-refractivity contribution in [2.75, 3.05) is 0 Å². The smallest absolute Gasteiger partial charge is 0.184 e. The summed E-state index contributed by atoms with van der Waals surface area (Å²) in [7, 11) is 0. The summed E-state index contributed by atoms with van der Waals surface area (Å²) in [5, 5.41) is 3.98. The lowest BCUT2D eigenvalue weighted by atomic mass is 9.93. The second-order valence-corrected chi connectivity index (χ2v) is 38.6. The zero-order valence-corrected chi connectivity index (χ0v) is 79.2. The number of rotatable bonds is 24. The monoisotopic (exact) mass is 1720 g/mol. The molecule has 2 N–H and O–H groups in total. The first kappa shape index (κ1) is 87.2. The Bertz CT molecular complexity index is 6790. The van der Waals surface area contributed by atoms with Crippen LogP contribution in [0.2, 0.25) is 0 Å². The summed E-state index contributed by atoms with van der Waals surface area (Å²) in [6.07, 6.45) is 3.56. The molecule has 0 saturated carbocycles. The average Bonchev–Trinajstić information content (AvgIpc) is 1.48. The minimum atomic E-state index is 0.0769. The maximum atomic E-state index is 7.71. The van der Waals surface area contributed by atoms with Gasteiger partial charge in [-0.25, -0.2) is 39.9 Å². The van der Waals surface area contributed by atoms with Crippen molar-refractivity contribution in [2.24, 2.45) is 0 Å². The van der Waals surface area contributed by atoms with Gasteiger partial charge in [-0.2, -0.15) is 0 Å². The fourth-order valence-electron chi connectivity index (χ4n) is 18.3. The highest BCUT2D eigenvalue weighted by molar-refractivity contribution is 6.21. The van der Waals surface area contributed by atoms with Gasteiger partial charge >= 0.3 is 0 Å². The molecule has 660 valence electrons. The Morgan fingerprint density at radius 1 is 0.200 bits per heavy atom. The summed E-state index contributed by atoms with van der Waals surface area (Å²) in [4.78, 5) is 63.8. The van der Waals surface area contributed by atoms with Crippen LogP contribution in [-0.2, 0) is 0 Å². The molecule has 0 saturated heterocycles. The molecule has 130 heavy (non-hydrogen) atoms. The van der Waals surface area contributed by atoms with Gasteiger partial charge in [-0.05, 0) is 198 Å². The van der Waals surface area contributed by atoms with E-state index in [0.29, 0.717) is 135 Å². The van der Waals surface area contributed by atoms with Crippen molar-refractivity contribution in [1.82, 2.24) is 59.8 Å². The standard InChI is InChI=1S/C112H116N12O6/c1-55(2)67-33-25-34-68(56(3)4)99(67)125-87-49-81-82(50-88(87)126-100-69(57(5)6)35-26-36-70(100)58(7)8)106-117-105(81)118-107-83-51-89(127-101-71(59(9)10)37-27-38-72(101)60(11)12)91(129-103-75(63(17)18)41-29-42-76(103)64(19)20)53-85(83)109(120-107)122-111-97-98(116-96-80-46-32-48-114-94(80)93-79(95(96)115-97)45-31-47-113-93)112(124-111)123-110-86-54-92(130-104-77(65(21)22)43-30-44-78(104)66(23)24)90(52-84(86)108(119-106)121-110)128-102-73(61(13)14)39-28-40-74(102)62(15)16/h25-66H,1-24H3,(H2,117,118,119,120,121,122,123,124). The zero-order chi connectivity index (χ0) is 91.4. The molecule has 0 aliphatic carbocycles. The summed E-state index contributed by atoms with van der Waals surface area (Å²) < 4.78 is 46.1. The highest BCUT2D eigenvalue weighted by Crippen LogP contribution is 2.54. The number of nitrogens with one attached hydrogen (secondary N) is 2. The van der Waals surface area contributed by atoms with Crippen molar-refractivity contribution >= 4 is 77.0 Å². The fraction of sp³-hybridized carbons (Fsp3) is 0.321. The third kappa shape index (κ3) is 15.9. The third-order valence-electron chi connectivity index (χ3n) is 25.4. The van der Waals surface area contributed by atoms with Gasteiger partial charge in [0.15, 0.2) is 57.8 Å². The average molecular weight is 1730 g/mol. The molecule has 0 radical (unpaired) electrons. The number of benzene rings is 10. The van der Waals surface area contributed by atoms with Gasteiger partial charge in [-0.3, -0.25) is 9.97 Å². The summed E-state index contributed by atoms with van der Waals surface area (Å²) in [6.45, 7) is 52.9. The molecule has 0 spiro atoms. The number of fused-ring (bicyclic) bond motifs is 26. The van der Waals surface area contributed by atoms with Gasteiger partial charge in [0.1, 0.15) is 68.5 Å². The minimum Gasteiger partial charge on any atom is -0.453 e. The Balaban J connectivity index is 1.03. The Morgan fingerprint density at radius 2 is 0.400 bits per heavy atom. The maximum Gasteiger partial charge on any atom is 0.184 e. The summed E-state index contributed by atoms with van der Waals surface area (Å²) >= 11 is 0. The molecule has 2 aliphatic rings. The molecule has 16 aromatic rings. The number of hydrogen-bond acceptors (Lipinski definition) is 16. The fourth-order valence-corrected chi connectivity index (χ4v) is 18.3. The van der Waals surface area contributed by atoms with E-state index in [-0.39, 0.29) is 82.7 Å². The van der Waals surface area contributed by atoms with Crippen molar-refractivity contribution in [3.8, 4) is 115 Å².